The van der Waals surface area contributed by atoms with Crippen molar-refractivity contribution in [2.75, 3.05) is 63.7 Å². The van der Waals surface area contributed by atoms with Gasteiger partial charge in [-0.15, -0.1) is 0 Å². The number of nitrogens with one attached hydrogen (secondary N) is 3. The van der Waals surface area contributed by atoms with Crippen molar-refractivity contribution in [2.24, 2.45) is 0 Å². The molecule has 2 aromatic heterocycles. The number of anilines is 3. The number of H-pyrrole nitrogens is 1. The minimum Gasteiger partial charge on any atom is -0.495 e. The van der Waals surface area contributed by atoms with Crippen LogP contribution < -0.4 is 15.4 Å². The van der Waals surface area contributed by atoms with Gasteiger partial charge in [-0.05, 0) is 38.0 Å². The summed E-state index contributed by atoms with van der Waals surface area (Å²) in [6.07, 6.45) is 3.66. The molecular formula is C25H32ClN7O3. The van der Waals surface area contributed by atoms with E-state index in [4.69, 9.17) is 21.1 Å². The molecule has 0 unspecified atom stereocenters. The second kappa shape index (κ2) is 10.9. The minimum absolute atomic E-state index is 0.0217. The Hall–Kier alpha value is -3.08. The summed E-state index contributed by atoms with van der Waals surface area (Å²) in [7, 11) is 1.58. The van der Waals surface area contributed by atoms with Crippen LogP contribution in [0.5, 0.6) is 5.75 Å². The first-order valence-electron chi connectivity index (χ1n) is 12.4. The van der Waals surface area contributed by atoms with Crippen LogP contribution in [0.4, 0.5) is 17.5 Å². The third kappa shape index (κ3) is 5.07. The van der Waals surface area contributed by atoms with Crippen molar-refractivity contribution < 1.29 is 14.3 Å². The highest BCUT2D eigenvalue weighted by Crippen LogP contribution is 2.32. The molecule has 0 bridgehead atoms. The number of aromatic amines is 1. The van der Waals surface area contributed by atoms with Crippen LogP contribution in [0.15, 0.2) is 24.4 Å². The number of morpholine rings is 1. The van der Waals surface area contributed by atoms with Crippen molar-refractivity contribution in [1.82, 2.24) is 24.8 Å². The van der Waals surface area contributed by atoms with Crippen LogP contribution in [-0.2, 0) is 4.74 Å². The zero-order valence-electron chi connectivity index (χ0n) is 20.6. The van der Waals surface area contributed by atoms with Crippen molar-refractivity contribution in [1.29, 1.82) is 0 Å². The number of hydrogen-bond acceptors (Lipinski definition) is 8. The smallest absolute Gasteiger partial charge is 0.253 e. The summed E-state index contributed by atoms with van der Waals surface area (Å²) in [5, 5.41) is 7.75. The van der Waals surface area contributed by atoms with Gasteiger partial charge < -0.3 is 30.0 Å². The summed E-state index contributed by atoms with van der Waals surface area (Å²) in [5.74, 6) is 1.60. The highest BCUT2D eigenvalue weighted by molar-refractivity contribution is 6.36. The van der Waals surface area contributed by atoms with Gasteiger partial charge in [0.1, 0.15) is 17.2 Å². The number of amides is 1. The summed E-state index contributed by atoms with van der Waals surface area (Å²) in [5.41, 5.74) is 1.89. The van der Waals surface area contributed by atoms with Crippen LogP contribution >= 0.6 is 11.6 Å². The zero-order chi connectivity index (χ0) is 25.1. The number of carbonyl (C=O) groups excluding carboxylic acids is 1. The summed E-state index contributed by atoms with van der Waals surface area (Å²) >= 11 is 6.30. The van der Waals surface area contributed by atoms with E-state index in [1.807, 2.05) is 24.0 Å². The second-order valence-electron chi connectivity index (χ2n) is 9.00. The first-order chi connectivity index (χ1) is 17.6. The van der Waals surface area contributed by atoms with Gasteiger partial charge in [0, 0.05) is 50.5 Å². The van der Waals surface area contributed by atoms with E-state index in [1.54, 1.807) is 19.4 Å². The van der Waals surface area contributed by atoms with Crippen molar-refractivity contribution in [3.8, 4) is 5.75 Å². The van der Waals surface area contributed by atoms with E-state index in [9.17, 15) is 4.79 Å². The van der Waals surface area contributed by atoms with E-state index in [0.717, 1.165) is 57.6 Å². The van der Waals surface area contributed by atoms with E-state index in [-0.39, 0.29) is 5.91 Å². The van der Waals surface area contributed by atoms with Crippen LogP contribution in [0.3, 0.4) is 0 Å². The molecule has 2 aliphatic rings. The predicted octanol–water partition coefficient (Wildman–Crippen LogP) is 3.73. The van der Waals surface area contributed by atoms with E-state index in [0.29, 0.717) is 52.0 Å². The monoisotopic (exact) mass is 513 g/mol. The molecule has 1 aromatic carbocycles. The van der Waals surface area contributed by atoms with Crippen molar-refractivity contribution in [3.05, 3.63) is 35.0 Å². The third-order valence-electron chi connectivity index (χ3n) is 6.84. The molecule has 5 rings (SSSR count). The molecule has 2 aliphatic heterocycles. The summed E-state index contributed by atoms with van der Waals surface area (Å²) < 4.78 is 11.1. The fourth-order valence-electron chi connectivity index (χ4n) is 4.95. The van der Waals surface area contributed by atoms with E-state index < -0.39 is 0 Å². The van der Waals surface area contributed by atoms with Gasteiger partial charge in [-0.25, -0.2) is 0 Å². The van der Waals surface area contributed by atoms with Gasteiger partial charge in [-0.2, -0.15) is 9.97 Å². The van der Waals surface area contributed by atoms with Gasteiger partial charge in [0.05, 0.1) is 36.4 Å². The van der Waals surface area contributed by atoms with Crippen LogP contribution in [0.2, 0.25) is 5.02 Å². The number of piperidine rings is 1. The van der Waals surface area contributed by atoms with Gasteiger partial charge >= 0.3 is 0 Å². The molecule has 4 heterocycles. The minimum atomic E-state index is 0.0217. The van der Waals surface area contributed by atoms with Crippen molar-refractivity contribution in [3.63, 3.8) is 0 Å². The number of fused-ring (bicyclic) bond motifs is 1. The zero-order valence-corrected chi connectivity index (χ0v) is 21.4. The quantitative estimate of drug-likeness (QED) is 0.438. The highest BCUT2D eigenvalue weighted by atomic mass is 35.5. The number of aromatic nitrogens is 3. The lowest BCUT2D eigenvalue weighted by molar-refractivity contribution is 0.00159. The Bertz CT molecular complexity index is 1220. The normalized spacial score (nSPS) is 17.4. The summed E-state index contributed by atoms with van der Waals surface area (Å²) in [6, 6.07) is 5.94. The fourth-order valence-corrected chi connectivity index (χ4v) is 5.19. The Labute approximate surface area is 215 Å². The average molecular weight is 514 g/mol. The number of methoxy groups -OCH3 is 1. The standard InChI is InChI=1S/C25H32ClN7O3/c1-3-27-22-21-18(26)15-28-23(21)31-25(30-22)29-19-5-4-16(14-20(19)35-2)24(34)33-8-6-17(7-9-33)32-10-12-36-13-11-32/h4-5,14-15,17H,3,6-13H2,1-2H3,(H3,27,28,29,30,31). The number of benzene rings is 1. The molecule has 0 atom stereocenters. The maximum absolute atomic E-state index is 13.3. The molecule has 0 spiro atoms. The number of nitrogens with zero attached hydrogens (tertiary/aromatic N) is 4. The Morgan fingerprint density at radius 1 is 1.22 bits per heavy atom. The van der Waals surface area contributed by atoms with Gasteiger partial charge in [-0.3, -0.25) is 9.69 Å². The van der Waals surface area contributed by atoms with Gasteiger partial charge in [0.15, 0.2) is 0 Å². The lowest BCUT2D eigenvalue weighted by Crippen LogP contribution is -2.50. The molecule has 3 N–H and O–H groups in total. The Kier molecular flexibility index (Phi) is 7.45. The number of carbonyl (C=O) groups is 1. The summed E-state index contributed by atoms with van der Waals surface area (Å²) in [6.45, 7) is 7.75. The number of ether oxygens (including phenoxy) is 2. The van der Waals surface area contributed by atoms with Crippen LogP contribution in [-0.4, -0.2) is 89.7 Å². The topological polar surface area (TPSA) is 108 Å². The van der Waals surface area contributed by atoms with Gasteiger partial charge in [-0.1, -0.05) is 11.6 Å². The maximum Gasteiger partial charge on any atom is 0.253 e. The molecule has 36 heavy (non-hydrogen) atoms. The highest BCUT2D eigenvalue weighted by Gasteiger charge is 2.28. The van der Waals surface area contributed by atoms with E-state index >= 15 is 0 Å². The number of halogens is 1. The fraction of sp³-hybridized carbons (Fsp3) is 0.480. The van der Waals surface area contributed by atoms with E-state index in [1.165, 1.54) is 0 Å². The molecule has 10 nitrogen and oxygen atoms in total. The predicted molar refractivity (Wildman–Crippen MR) is 141 cm³/mol. The lowest BCUT2D eigenvalue weighted by atomic mass is 10.0. The van der Waals surface area contributed by atoms with Crippen molar-refractivity contribution >= 4 is 46.0 Å². The third-order valence-corrected chi connectivity index (χ3v) is 7.13. The van der Waals surface area contributed by atoms with Crippen LogP contribution in [0.25, 0.3) is 11.0 Å². The van der Waals surface area contributed by atoms with Crippen LogP contribution in [0.1, 0.15) is 30.1 Å². The molecule has 3 aromatic rings. The molecular weight excluding hydrogens is 482 g/mol. The second-order valence-corrected chi connectivity index (χ2v) is 9.41. The number of likely N-dealkylation sites (tertiary alicyclic amines) is 1. The molecule has 0 aliphatic carbocycles. The van der Waals surface area contributed by atoms with Crippen molar-refractivity contribution in [2.45, 2.75) is 25.8 Å². The first kappa shape index (κ1) is 24.6. The molecule has 2 fully saturated rings. The molecule has 192 valence electrons. The first-order valence-corrected chi connectivity index (χ1v) is 12.8. The maximum atomic E-state index is 13.3. The van der Waals surface area contributed by atoms with Gasteiger partial charge in [0.25, 0.3) is 5.91 Å². The SMILES string of the molecule is CCNc1nc(Nc2ccc(C(=O)N3CCC(N4CCOCC4)CC3)cc2OC)nc2[nH]cc(Cl)c12. The summed E-state index contributed by atoms with van der Waals surface area (Å²) in [4.78, 5) is 29.9. The van der Waals surface area contributed by atoms with E-state index in [2.05, 4.69) is 30.5 Å². The number of rotatable bonds is 7. The molecule has 2 saturated heterocycles. The Morgan fingerprint density at radius 3 is 2.72 bits per heavy atom. The van der Waals surface area contributed by atoms with Gasteiger partial charge in [0.2, 0.25) is 5.95 Å². The Morgan fingerprint density at radius 2 is 2.00 bits per heavy atom. The molecule has 0 radical (unpaired) electrons. The Balaban J connectivity index is 1.29. The van der Waals surface area contributed by atoms with Crippen LogP contribution in [0, 0.1) is 0 Å². The molecule has 0 saturated carbocycles. The average Bonchev–Trinajstić information content (AvgIpc) is 3.30. The lowest BCUT2D eigenvalue weighted by Gasteiger charge is -2.40. The largest absolute Gasteiger partial charge is 0.495 e. The number of hydrogen-bond donors (Lipinski definition) is 3. The molecule has 1 amide bonds. The molecule has 11 heteroatoms.